The quantitative estimate of drug-likeness (QED) is 0.875. The largest absolute Gasteiger partial charge is 0.443 e. The van der Waals surface area contributed by atoms with Gasteiger partial charge in [0.1, 0.15) is 5.60 Å². The zero-order valence-electron chi connectivity index (χ0n) is 9.92. The van der Waals surface area contributed by atoms with E-state index in [2.05, 4.69) is 10.3 Å². The molecule has 1 aliphatic rings. The number of thiazole rings is 1. The minimum absolute atomic E-state index is 0.323. The van der Waals surface area contributed by atoms with E-state index in [-0.39, 0.29) is 0 Å². The van der Waals surface area contributed by atoms with E-state index in [1.165, 1.54) is 0 Å². The minimum Gasteiger partial charge on any atom is -0.384 e. The summed E-state index contributed by atoms with van der Waals surface area (Å²) in [4.78, 5) is 3.69. The number of halogens is 3. The molecule has 18 heavy (non-hydrogen) atoms. The Morgan fingerprint density at radius 2 is 2.06 bits per heavy atom. The molecular formula is C11H15F3N2OS. The molecule has 0 saturated heterocycles. The highest BCUT2D eigenvalue weighted by atomic mass is 32.1. The lowest BCUT2D eigenvalue weighted by atomic mass is 9.81. The lowest BCUT2D eigenvalue weighted by Gasteiger charge is -2.34. The zero-order chi connectivity index (χ0) is 13.4. The van der Waals surface area contributed by atoms with Crippen LogP contribution in [0.2, 0.25) is 0 Å². The van der Waals surface area contributed by atoms with Crippen LogP contribution >= 0.6 is 11.3 Å². The maximum Gasteiger partial charge on any atom is 0.443 e. The van der Waals surface area contributed by atoms with Crippen LogP contribution in [0, 0.1) is 0 Å². The van der Waals surface area contributed by atoms with Gasteiger partial charge in [0, 0.05) is 12.2 Å². The average molecular weight is 280 g/mol. The number of aromatic nitrogens is 1. The Bertz CT molecular complexity index is 411. The summed E-state index contributed by atoms with van der Waals surface area (Å²) in [5.41, 5.74) is -1.14. The summed E-state index contributed by atoms with van der Waals surface area (Å²) in [6.07, 6.45) is -0.816. The van der Waals surface area contributed by atoms with E-state index in [9.17, 15) is 18.3 Å². The van der Waals surface area contributed by atoms with Crippen LogP contribution in [-0.2, 0) is 11.8 Å². The van der Waals surface area contributed by atoms with Gasteiger partial charge < -0.3 is 10.4 Å². The Kier molecular flexibility index (Phi) is 3.66. The number of nitrogens with zero attached hydrogens (tertiary/aromatic N) is 1. The van der Waals surface area contributed by atoms with Gasteiger partial charge in [0.05, 0.1) is 4.88 Å². The van der Waals surface area contributed by atoms with Crippen molar-refractivity contribution in [3.63, 3.8) is 0 Å². The lowest BCUT2D eigenvalue weighted by Crippen LogP contribution is -2.37. The second-order valence-electron chi connectivity index (χ2n) is 4.62. The topological polar surface area (TPSA) is 45.1 Å². The van der Waals surface area contributed by atoms with E-state index < -0.39 is 16.8 Å². The van der Waals surface area contributed by atoms with Crippen molar-refractivity contribution >= 4 is 11.3 Å². The number of hydrogen-bond donors (Lipinski definition) is 2. The molecule has 2 rings (SSSR count). The van der Waals surface area contributed by atoms with Gasteiger partial charge in [-0.15, -0.1) is 11.3 Å². The van der Waals surface area contributed by atoms with E-state index in [4.69, 9.17) is 0 Å². The Hall–Kier alpha value is -0.660. The molecule has 0 unspecified atom stereocenters. The van der Waals surface area contributed by atoms with E-state index in [0.29, 0.717) is 35.1 Å². The fraction of sp³-hybridized carbons (Fsp3) is 0.727. The minimum atomic E-state index is -4.43. The molecule has 7 heteroatoms. The van der Waals surface area contributed by atoms with Gasteiger partial charge in [0.25, 0.3) is 0 Å². The first-order chi connectivity index (χ1) is 8.35. The fourth-order valence-corrected chi connectivity index (χ4v) is 3.18. The standard InChI is InChI=1S/C11H15F3N2OS/c1-15-7-2-4-10(17,5-3-7)8-6-16-9(18-8)11(12,13)14/h6-7,15,17H,2-5H2,1H3. The van der Waals surface area contributed by atoms with Crippen LogP contribution in [0.15, 0.2) is 6.20 Å². The average Bonchev–Trinajstić information content (AvgIpc) is 2.79. The van der Waals surface area contributed by atoms with Gasteiger partial charge >= 0.3 is 6.18 Å². The molecule has 2 N–H and O–H groups in total. The monoisotopic (exact) mass is 280 g/mol. The van der Waals surface area contributed by atoms with Crippen molar-refractivity contribution in [1.82, 2.24) is 10.3 Å². The Morgan fingerprint density at radius 1 is 1.44 bits per heavy atom. The third-order valence-electron chi connectivity index (χ3n) is 3.43. The van der Waals surface area contributed by atoms with Crippen LogP contribution in [0.1, 0.15) is 35.6 Å². The Balaban J connectivity index is 2.14. The summed E-state index contributed by atoms with van der Waals surface area (Å²) in [5.74, 6) is 0. The summed E-state index contributed by atoms with van der Waals surface area (Å²) in [6, 6.07) is 0.334. The second-order valence-corrected chi connectivity index (χ2v) is 5.65. The smallest absolute Gasteiger partial charge is 0.384 e. The summed E-state index contributed by atoms with van der Waals surface area (Å²) >= 11 is 0.547. The van der Waals surface area contributed by atoms with Crippen LogP contribution in [-0.4, -0.2) is 23.2 Å². The second kappa shape index (κ2) is 4.79. The first-order valence-electron chi connectivity index (χ1n) is 5.78. The predicted molar refractivity (Wildman–Crippen MR) is 62.3 cm³/mol. The van der Waals surface area contributed by atoms with Crippen molar-refractivity contribution in [2.24, 2.45) is 0 Å². The van der Waals surface area contributed by atoms with Gasteiger partial charge in [-0.1, -0.05) is 0 Å². The van der Waals surface area contributed by atoms with Crippen molar-refractivity contribution in [2.45, 2.75) is 43.5 Å². The molecule has 1 fully saturated rings. The van der Waals surface area contributed by atoms with E-state index in [1.807, 2.05) is 7.05 Å². The zero-order valence-corrected chi connectivity index (χ0v) is 10.7. The van der Waals surface area contributed by atoms with E-state index >= 15 is 0 Å². The summed E-state index contributed by atoms with van der Waals surface area (Å²) < 4.78 is 37.4. The molecule has 0 aliphatic heterocycles. The predicted octanol–water partition coefficient (Wildman–Crippen LogP) is 2.51. The first kappa shape index (κ1) is 13.8. The van der Waals surface area contributed by atoms with Crippen molar-refractivity contribution in [3.05, 3.63) is 16.1 Å². The fourth-order valence-electron chi connectivity index (χ4n) is 2.25. The number of rotatable bonds is 2. The SMILES string of the molecule is CNC1CCC(O)(c2cnc(C(F)(F)F)s2)CC1. The molecule has 3 nitrogen and oxygen atoms in total. The third kappa shape index (κ3) is 2.67. The number of aliphatic hydroxyl groups is 1. The summed E-state index contributed by atoms with van der Waals surface area (Å²) in [7, 11) is 1.85. The third-order valence-corrected chi connectivity index (χ3v) is 4.66. The molecular weight excluding hydrogens is 265 g/mol. The highest BCUT2D eigenvalue weighted by Gasteiger charge is 2.40. The molecule has 1 aliphatic carbocycles. The van der Waals surface area contributed by atoms with Gasteiger partial charge in [-0.3, -0.25) is 0 Å². The summed E-state index contributed by atoms with van der Waals surface area (Å²) in [6.45, 7) is 0. The van der Waals surface area contributed by atoms with E-state index in [1.54, 1.807) is 0 Å². The van der Waals surface area contributed by atoms with Crippen molar-refractivity contribution in [1.29, 1.82) is 0 Å². The first-order valence-corrected chi connectivity index (χ1v) is 6.60. The van der Waals surface area contributed by atoms with Crippen LogP contribution in [0.25, 0.3) is 0 Å². The van der Waals surface area contributed by atoms with Crippen LogP contribution in [0.5, 0.6) is 0 Å². The van der Waals surface area contributed by atoms with Gasteiger partial charge in [0.15, 0.2) is 5.01 Å². The molecule has 1 aromatic heterocycles. The molecule has 0 atom stereocenters. The van der Waals surface area contributed by atoms with Crippen LogP contribution in [0.4, 0.5) is 13.2 Å². The molecule has 0 radical (unpaired) electrons. The Morgan fingerprint density at radius 3 is 2.50 bits per heavy atom. The highest BCUT2D eigenvalue weighted by Crippen LogP contribution is 2.42. The molecule has 1 saturated carbocycles. The number of alkyl halides is 3. The molecule has 0 amide bonds. The van der Waals surface area contributed by atoms with Gasteiger partial charge in [-0.25, -0.2) is 4.98 Å². The molecule has 0 spiro atoms. The lowest BCUT2D eigenvalue weighted by molar-refractivity contribution is -0.137. The van der Waals surface area contributed by atoms with E-state index in [0.717, 1.165) is 19.0 Å². The highest BCUT2D eigenvalue weighted by molar-refractivity contribution is 7.11. The molecule has 0 bridgehead atoms. The van der Waals surface area contributed by atoms with Crippen molar-refractivity contribution in [2.75, 3.05) is 7.05 Å². The van der Waals surface area contributed by atoms with Gasteiger partial charge in [-0.05, 0) is 32.7 Å². The Labute approximate surface area is 107 Å². The van der Waals surface area contributed by atoms with Crippen LogP contribution in [0.3, 0.4) is 0 Å². The maximum atomic E-state index is 12.5. The van der Waals surface area contributed by atoms with Crippen molar-refractivity contribution < 1.29 is 18.3 Å². The van der Waals surface area contributed by atoms with Crippen LogP contribution < -0.4 is 5.32 Å². The van der Waals surface area contributed by atoms with Crippen molar-refractivity contribution in [3.8, 4) is 0 Å². The molecule has 102 valence electrons. The number of nitrogens with one attached hydrogen (secondary N) is 1. The number of hydrogen-bond acceptors (Lipinski definition) is 4. The van der Waals surface area contributed by atoms with Gasteiger partial charge in [-0.2, -0.15) is 13.2 Å². The molecule has 0 aromatic carbocycles. The maximum absolute atomic E-state index is 12.5. The summed E-state index contributed by atoms with van der Waals surface area (Å²) in [5, 5.41) is 12.6. The normalized spacial score (nSPS) is 29.5. The molecule has 1 heterocycles. The van der Waals surface area contributed by atoms with Gasteiger partial charge in [0.2, 0.25) is 0 Å². The molecule has 1 aromatic rings.